The van der Waals surface area contributed by atoms with Crippen LogP contribution in [0.15, 0.2) is 29.2 Å². The molecule has 0 bridgehead atoms. The standard InChI is InChI=1S/C18H24N2O2/c1-11(2)15-10-16-12(7-8-20-18(16)21)9-17(15)22-14-5-3-13(19)4-6-14/h7-11,13-14H,3-6,19H2,1-2H3,(H,20,21). The van der Waals surface area contributed by atoms with Gasteiger partial charge in [-0.25, -0.2) is 0 Å². The lowest BCUT2D eigenvalue weighted by atomic mass is 9.93. The first-order valence-corrected chi connectivity index (χ1v) is 8.12. The molecule has 118 valence electrons. The van der Waals surface area contributed by atoms with Gasteiger partial charge in [0.25, 0.3) is 5.56 Å². The van der Waals surface area contributed by atoms with Crippen LogP contribution in [0.3, 0.4) is 0 Å². The number of nitrogens with two attached hydrogens (primary N) is 1. The number of fused-ring (bicyclic) bond motifs is 1. The van der Waals surface area contributed by atoms with Crippen LogP contribution in [-0.2, 0) is 0 Å². The maximum absolute atomic E-state index is 12.0. The first-order valence-electron chi connectivity index (χ1n) is 8.12. The zero-order chi connectivity index (χ0) is 15.7. The average Bonchev–Trinajstić information content (AvgIpc) is 2.49. The van der Waals surface area contributed by atoms with Gasteiger partial charge < -0.3 is 15.5 Å². The highest BCUT2D eigenvalue weighted by molar-refractivity contribution is 5.84. The fourth-order valence-corrected chi connectivity index (χ4v) is 3.17. The summed E-state index contributed by atoms with van der Waals surface area (Å²) in [6.45, 7) is 4.25. The molecule has 1 aromatic heterocycles. The van der Waals surface area contributed by atoms with E-state index in [2.05, 4.69) is 18.8 Å². The number of hydrogen-bond acceptors (Lipinski definition) is 3. The van der Waals surface area contributed by atoms with Gasteiger partial charge in [0.2, 0.25) is 0 Å². The third-order valence-corrected chi connectivity index (χ3v) is 4.54. The van der Waals surface area contributed by atoms with Gasteiger partial charge >= 0.3 is 0 Å². The molecule has 1 aliphatic carbocycles. The fourth-order valence-electron chi connectivity index (χ4n) is 3.17. The predicted octanol–water partition coefficient (Wildman–Crippen LogP) is 3.30. The van der Waals surface area contributed by atoms with E-state index in [1.807, 2.05) is 18.2 Å². The van der Waals surface area contributed by atoms with Gasteiger partial charge in [-0.1, -0.05) is 13.8 Å². The van der Waals surface area contributed by atoms with Crippen molar-refractivity contribution in [3.63, 3.8) is 0 Å². The molecule has 0 radical (unpaired) electrons. The molecule has 1 heterocycles. The fraction of sp³-hybridized carbons (Fsp3) is 0.500. The van der Waals surface area contributed by atoms with Crippen LogP contribution >= 0.6 is 0 Å². The Morgan fingerprint density at radius 2 is 1.95 bits per heavy atom. The van der Waals surface area contributed by atoms with Crippen molar-refractivity contribution in [3.05, 3.63) is 40.3 Å². The molecule has 0 saturated heterocycles. The van der Waals surface area contributed by atoms with E-state index in [0.29, 0.717) is 12.0 Å². The summed E-state index contributed by atoms with van der Waals surface area (Å²) in [6, 6.07) is 6.22. The smallest absolute Gasteiger partial charge is 0.255 e. The SMILES string of the molecule is CC(C)c1cc2c(=O)[nH]ccc2cc1OC1CCC(N)CC1. The molecule has 0 amide bonds. The Bertz CT molecular complexity index is 713. The Morgan fingerprint density at radius 3 is 2.64 bits per heavy atom. The highest BCUT2D eigenvalue weighted by Gasteiger charge is 2.21. The van der Waals surface area contributed by atoms with E-state index in [0.717, 1.165) is 47.8 Å². The van der Waals surface area contributed by atoms with Crippen molar-refractivity contribution in [2.24, 2.45) is 5.73 Å². The van der Waals surface area contributed by atoms with Gasteiger partial charge in [-0.3, -0.25) is 4.79 Å². The Balaban J connectivity index is 1.96. The van der Waals surface area contributed by atoms with E-state index in [1.54, 1.807) is 6.20 Å². The van der Waals surface area contributed by atoms with Crippen molar-refractivity contribution in [2.45, 2.75) is 57.6 Å². The van der Waals surface area contributed by atoms with Crippen molar-refractivity contribution < 1.29 is 4.74 Å². The van der Waals surface area contributed by atoms with E-state index < -0.39 is 0 Å². The Hall–Kier alpha value is -1.81. The largest absolute Gasteiger partial charge is 0.490 e. The van der Waals surface area contributed by atoms with Gasteiger partial charge in [0, 0.05) is 17.6 Å². The first kappa shape index (κ1) is 15.1. The summed E-state index contributed by atoms with van der Waals surface area (Å²) in [5.41, 5.74) is 7.02. The normalized spacial score (nSPS) is 22.2. The molecule has 0 atom stereocenters. The van der Waals surface area contributed by atoms with Gasteiger partial charge in [-0.15, -0.1) is 0 Å². The lowest BCUT2D eigenvalue weighted by Crippen LogP contribution is -2.31. The van der Waals surface area contributed by atoms with Crippen LogP contribution in [0.25, 0.3) is 10.8 Å². The molecule has 1 aromatic carbocycles. The van der Waals surface area contributed by atoms with E-state index in [4.69, 9.17) is 10.5 Å². The van der Waals surface area contributed by atoms with Gasteiger partial charge in [0.05, 0.1) is 6.10 Å². The summed E-state index contributed by atoms with van der Waals surface area (Å²) in [5, 5.41) is 1.65. The van der Waals surface area contributed by atoms with Crippen LogP contribution < -0.4 is 16.0 Å². The summed E-state index contributed by atoms with van der Waals surface area (Å²) < 4.78 is 6.28. The molecule has 1 aliphatic rings. The van der Waals surface area contributed by atoms with Gasteiger partial charge in [0.15, 0.2) is 0 Å². The molecule has 0 unspecified atom stereocenters. The molecule has 1 fully saturated rings. The molecule has 22 heavy (non-hydrogen) atoms. The van der Waals surface area contributed by atoms with E-state index in [-0.39, 0.29) is 11.7 Å². The quantitative estimate of drug-likeness (QED) is 0.914. The lowest BCUT2D eigenvalue weighted by Gasteiger charge is -2.28. The van der Waals surface area contributed by atoms with E-state index >= 15 is 0 Å². The van der Waals surface area contributed by atoms with Crippen LogP contribution in [0.2, 0.25) is 0 Å². The second-order valence-corrected chi connectivity index (χ2v) is 6.59. The average molecular weight is 300 g/mol. The summed E-state index contributed by atoms with van der Waals surface area (Å²) in [6.07, 6.45) is 5.97. The summed E-state index contributed by atoms with van der Waals surface area (Å²) in [4.78, 5) is 14.7. The minimum atomic E-state index is -0.0467. The third kappa shape index (κ3) is 3.02. The minimum absolute atomic E-state index is 0.0467. The van der Waals surface area contributed by atoms with E-state index in [1.165, 1.54) is 0 Å². The van der Waals surface area contributed by atoms with Gasteiger partial charge in [-0.05, 0) is 60.7 Å². The third-order valence-electron chi connectivity index (χ3n) is 4.54. The number of aromatic amines is 1. The summed E-state index contributed by atoms with van der Waals surface area (Å²) >= 11 is 0. The Kier molecular flexibility index (Phi) is 4.21. The zero-order valence-corrected chi connectivity index (χ0v) is 13.3. The molecular formula is C18H24N2O2. The zero-order valence-electron chi connectivity index (χ0n) is 13.3. The topological polar surface area (TPSA) is 68.1 Å². The van der Waals surface area contributed by atoms with Gasteiger partial charge in [-0.2, -0.15) is 0 Å². The summed E-state index contributed by atoms with van der Waals surface area (Å²) in [7, 11) is 0. The van der Waals surface area contributed by atoms with Crippen molar-refractivity contribution in [2.75, 3.05) is 0 Å². The molecular weight excluding hydrogens is 276 g/mol. The second kappa shape index (κ2) is 6.13. The maximum Gasteiger partial charge on any atom is 0.255 e. The van der Waals surface area contributed by atoms with Crippen LogP contribution in [-0.4, -0.2) is 17.1 Å². The molecule has 4 heteroatoms. The molecule has 0 spiro atoms. The lowest BCUT2D eigenvalue weighted by molar-refractivity contribution is 0.145. The van der Waals surface area contributed by atoms with Crippen molar-refractivity contribution in [1.29, 1.82) is 0 Å². The number of hydrogen-bond donors (Lipinski definition) is 2. The Labute approximate surface area is 130 Å². The van der Waals surface area contributed by atoms with Crippen LogP contribution in [0.4, 0.5) is 0 Å². The number of pyridine rings is 1. The van der Waals surface area contributed by atoms with Crippen molar-refractivity contribution >= 4 is 10.8 Å². The molecule has 4 nitrogen and oxygen atoms in total. The molecule has 0 aliphatic heterocycles. The molecule has 2 aromatic rings. The number of H-pyrrole nitrogens is 1. The molecule has 3 N–H and O–H groups in total. The Morgan fingerprint density at radius 1 is 1.23 bits per heavy atom. The van der Waals surface area contributed by atoms with Crippen LogP contribution in [0, 0.1) is 0 Å². The number of benzene rings is 1. The number of rotatable bonds is 3. The van der Waals surface area contributed by atoms with Gasteiger partial charge in [0.1, 0.15) is 5.75 Å². The summed E-state index contributed by atoms with van der Waals surface area (Å²) in [5.74, 6) is 1.22. The van der Waals surface area contributed by atoms with Crippen LogP contribution in [0.1, 0.15) is 51.0 Å². The number of ether oxygens (including phenoxy) is 1. The monoisotopic (exact) mass is 300 g/mol. The maximum atomic E-state index is 12.0. The predicted molar refractivity (Wildman–Crippen MR) is 89.5 cm³/mol. The molecule has 1 saturated carbocycles. The van der Waals surface area contributed by atoms with Crippen LogP contribution in [0.5, 0.6) is 5.75 Å². The van der Waals surface area contributed by atoms with E-state index in [9.17, 15) is 4.79 Å². The van der Waals surface area contributed by atoms with Crippen molar-refractivity contribution in [3.8, 4) is 5.75 Å². The highest BCUT2D eigenvalue weighted by atomic mass is 16.5. The first-order chi connectivity index (χ1) is 10.5. The highest BCUT2D eigenvalue weighted by Crippen LogP contribution is 2.33. The second-order valence-electron chi connectivity index (χ2n) is 6.59. The van der Waals surface area contributed by atoms with Crippen molar-refractivity contribution in [1.82, 2.24) is 4.98 Å². The number of aromatic nitrogens is 1. The molecule has 3 rings (SSSR count). The minimum Gasteiger partial charge on any atom is -0.490 e. The number of nitrogens with one attached hydrogen (secondary N) is 1.